The summed E-state index contributed by atoms with van der Waals surface area (Å²) in [6, 6.07) is 12.3. The number of benzene rings is 2. The Kier molecular flexibility index (Phi) is 4.64. The van der Waals surface area contributed by atoms with Crippen LogP contribution in [0.2, 0.25) is 10.0 Å². The van der Waals surface area contributed by atoms with Crippen molar-refractivity contribution < 1.29 is 14.3 Å². The van der Waals surface area contributed by atoms with Crippen molar-refractivity contribution in [3.05, 3.63) is 63.6 Å². The zero-order valence-corrected chi connectivity index (χ0v) is 14.5. The average molecular weight is 365 g/mol. The highest BCUT2D eigenvalue weighted by Gasteiger charge is 2.33. The first kappa shape index (κ1) is 16.6. The molecule has 0 fully saturated rings. The monoisotopic (exact) mass is 364 g/mol. The van der Waals surface area contributed by atoms with E-state index in [1.54, 1.807) is 37.4 Å². The first-order valence-corrected chi connectivity index (χ1v) is 7.89. The number of hydrazone groups is 1. The highest BCUT2D eigenvalue weighted by atomic mass is 35.5. The third kappa shape index (κ3) is 3.18. The van der Waals surface area contributed by atoms with Crippen LogP contribution in [-0.2, 0) is 9.53 Å². The first-order valence-electron chi connectivity index (χ1n) is 7.14. The molecule has 24 heavy (non-hydrogen) atoms. The third-order valence-corrected chi connectivity index (χ3v) is 4.27. The van der Waals surface area contributed by atoms with Gasteiger partial charge in [0.25, 0.3) is 0 Å². The lowest BCUT2D eigenvalue weighted by molar-refractivity contribution is -0.135. The normalized spacial score (nSPS) is 16.6. The maximum absolute atomic E-state index is 11.9. The molecule has 0 aromatic heterocycles. The van der Waals surface area contributed by atoms with Crippen LogP contribution in [0.3, 0.4) is 0 Å². The van der Waals surface area contributed by atoms with Crippen molar-refractivity contribution in [3.63, 3.8) is 0 Å². The van der Waals surface area contributed by atoms with Crippen LogP contribution in [0.25, 0.3) is 0 Å². The van der Waals surface area contributed by atoms with E-state index in [2.05, 4.69) is 5.10 Å². The number of nitrogens with zero attached hydrogens (tertiary/aromatic N) is 2. The summed E-state index contributed by atoms with van der Waals surface area (Å²) in [5.41, 5.74) is 1.43. The van der Waals surface area contributed by atoms with Crippen molar-refractivity contribution in [1.82, 2.24) is 5.01 Å². The molecule has 2 aromatic carbocycles. The summed E-state index contributed by atoms with van der Waals surface area (Å²) < 4.78 is 11.0. The molecule has 5 nitrogen and oxygen atoms in total. The molecule has 1 aliphatic rings. The summed E-state index contributed by atoms with van der Waals surface area (Å²) >= 11 is 12.0. The Morgan fingerprint density at radius 3 is 2.46 bits per heavy atom. The van der Waals surface area contributed by atoms with Gasteiger partial charge in [-0.2, -0.15) is 5.01 Å². The Hall–Kier alpha value is -2.24. The number of hydrogen-bond acceptors (Lipinski definition) is 4. The van der Waals surface area contributed by atoms with Crippen LogP contribution < -0.4 is 4.74 Å². The largest absolute Gasteiger partial charge is 0.497 e. The Balaban J connectivity index is 1.92. The number of ether oxygens (including phenoxy) is 2. The van der Waals surface area contributed by atoms with E-state index in [4.69, 9.17) is 32.7 Å². The minimum absolute atomic E-state index is 0.241. The maximum atomic E-state index is 11.9. The fourth-order valence-corrected chi connectivity index (χ4v) is 2.61. The van der Waals surface area contributed by atoms with Gasteiger partial charge in [-0.15, -0.1) is 5.10 Å². The number of amides is 1. The molecule has 1 amide bonds. The van der Waals surface area contributed by atoms with E-state index in [9.17, 15) is 4.79 Å². The Morgan fingerprint density at radius 2 is 1.88 bits per heavy atom. The van der Waals surface area contributed by atoms with Crippen LogP contribution in [0, 0.1) is 0 Å². The van der Waals surface area contributed by atoms with Gasteiger partial charge >= 0.3 is 0 Å². The molecule has 0 radical (unpaired) electrons. The summed E-state index contributed by atoms with van der Waals surface area (Å²) in [5, 5.41) is 6.38. The number of carbonyl (C=O) groups is 1. The minimum atomic E-state index is -0.686. The quantitative estimate of drug-likeness (QED) is 0.818. The van der Waals surface area contributed by atoms with Crippen LogP contribution in [0.4, 0.5) is 0 Å². The second kappa shape index (κ2) is 6.71. The Bertz CT molecular complexity index is 806. The topological polar surface area (TPSA) is 51.1 Å². The fourth-order valence-electron chi connectivity index (χ4n) is 2.30. The number of hydrogen-bond donors (Lipinski definition) is 0. The van der Waals surface area contributed by atoms with Gasteiger partial charge in [0.05, 0.1) is 17.2 Å². The Morgan fingerprint density at radius 1 is 1.17 bits per heavy atom. The van der Waals surface area contributed by atoms with E-state index in [1.165, 1.54) is 11.9 Å². The molecular weight excluding hydrogens is 351 g/mol. The minimum Gasteiger partial charge on any atom is -0.497 e. The molecule has 0 N–H and O–H groups in total. The molecule has 0 spiro atoms. The van der Waals surface area contributed by atoms with Gasteiger partial charge in [0.2, 0.25) is 18.0 Å². The Labute approximate surface area is 149 Å². The van der Waals surface area contributed by atoms with Gasteiger partial charge in [-0.1, -0.05) is 29.3 Å². The van der Waals surface area contributed by atoms with Gasteiger partial charge in [-0.3, -0.25) is 4.79 Å². The highest BCUT2D eigenvalue weighted by Crippen LogP contribution is 2.33. The predicted octanol–water partition coefficient (Wildman–Crippen LogP) is 4.24. The second-order valence-electron chi connectivity index (χ2n) is 5.14. The van der Waals surface area contributed by atoms with Crippen molar-refractivity contribution >= 4 is 35.0 Å². The van der Waals surface area contributed by atoms with E-state index >= 15 is 0 Å². The van der Waals surface area contributed by atoms with Gasteiger partial charge in [0.15, 0.2) is 0 Å². The molecule has 1 atom stereocenters. The van der Waals surface area contributed by atoms with Gasteiger partial charge in [-0.05, 0) is 36.4 Å². The molecule has 1 unspecified atom stereocenters. The van der Waals surface area contributed by atoms with Crippen molar-refractivity contribution in [2.75, 3.05) is 7.11 Å². The highest BCUT2D eigenvalue weighted by molar-refractivity contribution is 6.42. The molecular formula is C17H14Cl2N2O3. The van der Waals surface area contributed by atoms with E-state index < -0.39 is 6.23 Å². The van der Waals surface area contributed by atoms with Gasteiger partial charge in [0.1, 0.15) is 5.75 Å². The third-order valence-electron chi connectivity index (χ3n) is 3.53. The number of carbonyl (C=O) groups excluding carboxylic acids is 1. The maximum Gasteiger partial charge on any atom is 0.243 e. The summed E-state index contributed by atoms with van der Waals surface area (Å²) in [6.45, 7) is 1.42. The molecule has 0 saturated heterocycles. The van der Waals surface area contributed by atoms with Gasteiger partial charge in [0, 0.05) is 18.1 Å². The van der Waals surface area contributed by atoms with Crippen LogP contribution in [0.5, 0.6) is 5.75 Å². The zero-order chi connectivity index (χ0) is 17.3. The lowest BCUT2D eigenvalue weighted by atomic mass is 10.2. The molecule has 7 heteroatoms. The zero-order valence-electron chi connectivity index (χ0n) is 13.0. The van der Waals surface area contributed by atoms with E-state index in [0.29, 0.717) is 21.5 Å². The summed E-state index contributed by atoms with van der Waals surface area (Å²) in [4.78, 5) is 11.9. The van der Waals surface area contributed by atoms with Crippen LogP contribution >= 0.6 is 23.2 Å². The second-order valence-corrected chi connectivity index (χ2v) is 5.96. The van der Waals surface area contributed by atoms with Crippen molar-refractivity contribution in [3.8, 4) is 5.75 Å². The van der Waals surface area contributed by atoms with Gasteiger partial charge in [-0.25, -0.2) is 0 Å². The van der Waals surface area contributed by atoms with Gasteiger partial charge < -0.3 is 9.47 Å². The van der Waals surface area contributed by atoms with Crippen molar-refractivity contribution in [2.24, 2.45) is 5.10 Å². The van der Waals surface area contributed by atoms with Crippen LogP contribution in [0.1, 0.15) is 24.3 Å². The lowest BCUT2D eigenvalue weighted by Gasteiger charge is -2.19. The first-order chi connectivity index (χ1) is 11.5. The SMILES string of the molecule is COc1ccc(C2=NN(C(C)=O)C(c3ccc(Cl)c(Cl)c3)O2)cc1. The molecule has 0 bridgehead atoms. The van der Waals surface area contributed by atoms with Crippen LogP contribution in [-0.4, -0.2) is 23.9 Å². The molecule has 124 valence electrons. The number of methoxy groups -OCH3 is 1. The lowest BCUT2D eigenvalue weighted by Crippen LogP contribution is -2.25. The number of halogens is 2. The van der Waals surface area contributed by atoms with E-state index in [0.717, 1.165) is 11.3 Å². The summed E-state index contributed by atoms with van der Waals surface area (Å²) in [7, 11) is 1.59. The summed E-state index contributed by atoms with van der Waals surface area (Å²) in [5.74, 6) is 0.834. The van der Waals surface area contributed by atoms with E-state index in [-0.39, 0.29) is 5.91 Å². The molecule has 2 aromatic rings. The van der Waals surface area contributed by atoms with Crippen molar-refractivity contribution in [2.45, 2.75) is 13.2 Å². The molecule has 0 aliphatic carbocycles. The molecule has 1 aliphatic heterocycles. The standard InChI is InChI=1S/C17H14Cl2N2O3/c1-10(22)21-17(12-5-8-14(18)15(19)9-12)24-16(20-21)11-3-6-13(23-2)7-4-11/h3-9,17H,1-2H3. The number of rotatable bonds is 3. The van der Waals surface area contributed by atoms with E-state index in [1.807, 2.05) is 12.1 Å². The fraction of sp³-hybridized carbons (Fsp3) is 0.176. The van der Waals surface area contributed by atoms with Crippen LogP contribution in [0.15, 0.2) is 47.6 Å². The average Bonchev–Trinajstić information content (AvgIpc) is 3.03. The molecule has 1 heterocycles. The summed E-state index contributed by atoms with van der Waals surface area (Å²) in [6.07, 6.45) is -0.686. The smallest absolute Gasteiger partial charge is 0.243 e. The molecule has 3 rings (SSSR count). The molecule has 0 saturated carbocycles. The van der Waals surface area contributed by atoms with Crippen molar-refractivity contribution in [1.29, 1.82) is 0 Å². The predicted molar refractivity (Wildman–Crippen MR) is 92.3 cm³/mol.